The molecule has 1 aromatic rings. The van der Waals surface area contributed by atoms with Gasteiger partial charge in [0.1, 0.15) is 5.56 Å². The zero-order valence-corrected chi connectivity index (χ0v) is 12.0. The molecule has 1 amide bonds. The van der Waals surface area contributed by atoms with Crippen LogP contribution in [0, 0.1) is 12.8 Å². The molecular weight excluding hydrogens is 242 g/mol. The van der Waals surface area contributed by atoms with Gasteiger partial charge in [0.05, 0.1) is 0 Å². The van der Waals surface area contributed by atoms with E-state index in [2.05, 4.69) is 24.1 Å². The molecule has 0 aliphatic heterocycles. The predicted octanol–water partition coefficient (Wildman–Crippen LogP) is 1.18. The number of rotatable bonds is 5. The highest BCUT2D eigenvalue weighted by Crippen LogP contribution is 2.15. The lowest BCUT2D eigenvalue weighted by molar-refractivity contribution is 0.0897. The highest BCUT2D eigenvalue weighted by atomic mass is 16.2. The second kappa shape index (κ2) is 6.02. The summed E-state index contributed by atoms with van der Waals surface area (Å²) in [6.45, 7) is 8.14. The number of pyridine rings is 1. The SMILES string of the molecule is Cc1cc(=O)c(C(=O)NC(C)(CN)CC(C)C)c[nH]1. The molecule has 5 heteroatoms. The van der Waals surface area contributed by atoms with E-state index in [1.165, 1.54) is 12.3 Å². The normalized spacial score (nSPS) is 14.2. The van der Waals surface area contributed by atoms with Crippen molar-refractivity contribution in [1.29, 1.82) is 0 Å². The molecule has 0 aromatic carbocycles. The molecule has 1 unspecified atom stereocenters. The van der Waals surface area contributed by atoms with Crippen molar-refractivity contribution >= 4 is 5.91 Å². The Hall–Kier alpha value is -1.62. The molecule has 0 saturated carbocycles. The molecule has 5 nitrogen and oxygen atoms in total. The molecule has 1 heterocycles. The van der Waals surface area contributed by atoms with Crippen molar-refractivity contribution in [2.75, 3.05) is 6.54 Å². The quantitative estimate of drug-likeness (QED) is 0.747. The summed E-state index contributed by atoms with van der Waals surface area (Å²) in [6.07, 6.45) is 2.21. The van der Waals surface area contributed by atoms with Crippen LogP contribution in [0.15, 0.2) is 17.1 Å². The van der Waals surface area contributed by atoms with Crippen LogP contribution in [0.25, 0.3) is 0 Å². The highest BCUT2D eigenvalue weighted by Gasteiger charge is 2.27. The molecule has 106 valence electrons. The van der Waals surface area contributed by atoms with Crippen LogP contribution in [0.4, 0.5) is 0 Å². The van der Waals surface area contributed by atoms with Crippen molar-refractivity contribution in [2.45, 2.75) is 39.7 Å². The van der Waals surface area contributed by atoms with Crippen LogP contribution in [-0.4, -0.2) is 23.0 Å². The van der Waals surface area contributed by atoms with Gasteiger partial charge in [0, 0.05) is 30.0 Å². The maximum Gasteiger partial charge on any atom is 0.257 e. The molecule has 4 N–H and O–H groups in total. The summed E-state index contributed by atoms with van der Waals surface area (Å²) < 4.78 is 0. The van der Waals surface area contributed by atoms with E-state index in [9.17, 15) is 9.59 Å². The molecule has 1 atom stereocenters. The van der Waals surface area contributed by atoms with Crippen LogP contribution in [0.5, 0.6) is 0 Å². The van der Waals surface area contributed by atoms with Gasteiger partial charge in [-0.15, -0.1) is 0 Å². The Kier molecular flexibility index (Phi) is 4.89. The van der Waals surface area contributed by atoms with Crippen LogP contribution in [0.1, 0.15) is 43.2 Å². The number of nitrogens with two attached hydrogens (primary N) is 1. The third kappa shape index (κ3) is 4.21. The fourth-order valence-corrected chi connectivity index (χ4v) is 2.18. The van der Waals surface area contributed by atoms with Crippen LogP contribution < -0.4 is 16.5 Å². The maximum absolute atomic E-state index is 12.1. The van der Waals surface area contributed by atoms with E-state index in [4.69, 9.17) is 5.73 Å². The highest BCUT2D eigenvalue weighted by molar-refractivity contribution is 5.94. The summed E-state index contributed by atoms with van der Waals surface area (Å²) in [5.41, 5.74) is 5.81. The minimum absolute atomic E-state index is 0.119. The number of H-pyrrole nitrogens is 1. The third-order valence-corrected chi connectivity index (χ3v) is 3.03. The van der Waals surface area contributed by atoms with Gasteiger partial charge in [-0.25, -0.2) is 0 Å². The standard InChI is InChI=1S/C14H23N3O2/c1-9(2)6-14(4,8-15)17-13(19)11-7-16-10(3)5-12(11)18/h5,7,9H,6,8,15H2,1-4H3,(H,16,18)(H,17,19). The van der Waals surface area contributed by atoms with Gasteiger partial charge in [-0.05, 0) is 26.2 Å². The Balaban J connectivity index is 2.92. The first kappa shape index (κ1) is 15.4. The lowest BCUT2D eigenvalue weighted by atomic mass is 9.90. The molecule has 0 bridgehead atoms. The van der Waals surface area contributed by atoms with Gasteiger partial charge in [-0.2, -0.15) is 0 Å². The van der Waals surface area contributed by atoms with Crippen LogP contribution in [0.3, 0.4) is 0 Å². The molecule has 0 spiro atoms. The monoisotopic (exact) mass is 265 g/mol. The van der Waals surface area contributed by atoms with Gasteiger partial charge in [-0.3, -0.25) is 9.59 Å². The van der Waals surface area contributed by atoms with Crippen molar-refractivity contribution in [2.24, 2.45) is 11.7 Å². The Morgan fingerprint density at radius 3 is 2.63 bits per heavy atom. The summed E-state index contributed by atoms with van der Waals surface area (Å²) in [5.74, 6) is 0.0278. The molecule has 1 aromatic heterocycles. The van der Waals surface area contributed by atoms with Gasteiger partial charge in [-0.1, -0.05) is 13.8 Å². The molecule has 0 saturated heterocycles. The van der Waals surface area contributed by atoms with Crippen LogP contribution in [0.2, 0.25) is 0 Å². The lowest BCUT2D eigenvalue weighted by Gasteiger charge is -2.31. The summed E-state index contributed by atoms with van der Waals surface area (Å²) in [4.78, 5) is 26.8. The average Bonchev–Trinajstić information content (AvgIpc) is 2.27. The predicted molar refractivity (Wildman–Crippen MR) is 76.2 cm³/mol. The summed E-state index contributed by atoms with van der Waals surface area (Å²) >= 11 is 0. The third-order valence-electron chi connectivity index (χ3n) is 3.03. The summed E-state index contributed by atoms with van der Waals surface area (Å²) in [7, 11) is 0. The fourth-order valence-electron chi connectivity index (χ4n) is 2.18. The number of carbonyl (C=O) groups excluding carboxylic acids is 1. The molecule has 0 aliphatic carbocycles. The van der Waals surface area contributed by atoms with Gasteiger partial charge in [0.25, 0.3) is 5.91 Å². The number of carbonyl (C=O) groups is 1. The zero-order valence-electron chi connectivity index (χ0n) is 12.0. The molecule has 19 heavy (non-hydrogen) atoms. The van der Waals surface area contributed by atoms with Crippen LogP contribution in [-0.2, 0) is 0 Å². The topological polar surface area (TPSA) is 88.0 Å². The van der Waals surface area contributed by atoms with Gasteiger partial charge in [0.15, 0.2) is 5.43 Å². The van der Waals surface area contributed by atoms with E-state index < -0.39 is 5.54 Å². The largest absolute Gasteiger partial charge is 0.364 e. The van der Waals surface area contributed by atoms with Crippen molar-refractivity contribution in [3.05, 3.63) is 33.7 Å². The van der Waals surface area contributed by atoms with E-state index in [0.717, 1.165) is 12.1 Å². The molecule has 0 fully saturated rings. The van der Waals surface area contributed by atoms with Crippen molar-refractivity contribution < 1.29 is 4.79 Å². The smallest absolute Gasteiger partial charge is 0.257 e. The van der Waals surface area contributed by atoms with Crippen molar-refractivity contribution in [3.8, 4) is 0 Å². The van der Waals surface area contributed by atoms with E-state index in [1.54, 1.807) is 6.92 Å². The van der Waals surface area contributed by atoms with Crippen LogP contribution >= 0.6 is 0 Å². The van der Waals surface area contributed by atoms with E-state index >= 15 is 0 Å². The first-order valence-electron chi connectivity index (χ1n) is 6.49. The lowest BCUT2D eigenvalue weighted by Crippen LogP contribution is -2.52. The molecule has 0 radical (unpaired) electrons. The molecule has 0 aliphatic rings. The average molecular weight is 265 g/mol. The summed E-state index contributed by atoms with van der Waals surface area (Å²) in [5, 5.41) is 2.87. The van der Waals surface area contributed by atoms with E-state index in [1.807, 2.05) is 6.92 Å². The number of amides is 1. The molecule has 1 rings (SSSR count). The minimum atomic E-state index is -0.497. The molecular formula is C14H23N3O2. The second-order valence-electron chi connectivity index (χ2n) is 5.71. The zero-order chi connectivity index (χ0) is 14.6. The second-order valence-corrected chi connectivity index (χ2v) is 5.71. The minimum Gasteiger partial charge on any atom is -0.364 e. The Labute approximate surface area is 113 Å². The van der Waals surface area contributed by atoms with Gasteiger partial charge >= 0.3 is 0 Å². The first-order chi connectivity index (χ1) is 8.77. The number of nitrogens with one attached hydrogen (secondary N) is 2. The Morgan fingerprint density at radius 2 is 2.16 bits per heavy atom. The Morgan fingerprint density at radius 1 is 1.53 bits per heavy atom. The Bertz CT molecular complexity index is 508. The summed E-state index contributed by atoms with van der Waals surface area (Å²) in [6, 6.07) is 1.41. The van der Waals surface area contributed by atoms with E-state index in [-0.39, 0.29) is 16.9 Å². The fraction of sp³-hybridized carbons (Fsp3) is 0.571. The number of hydrogen-bond acceptors (Lipinski definition) is 3. The van der Waals surface area contributed by atoms with Crippen molar-refractivity contribution in [3.63, 3.8) is 0 Å². The number of aromatic nitrogens is 1. The number of aryl methyl sites for hydroxylation is 1. The first-order valence-corrected chi connectivity index (χ1v) is 6.49. The van der Waals surface area contributed by atoms with Crippen molar-refractivity contribution in [1.82, 2.24) is 10.3 Å². The van der Waals surface area contributed by atoms with Gasteiger partial charge < -0.3 is 16.0 Å². The maximum atomic E-state index is 12.1. The van der Waals surface area contributed by atoms with Gasteiger partial charge in [0.2, 0.25) is 0 Å². The number of hydrogen-bond donors (Lipinski definition) is 3. The number of aromatic amines is 1. The van der Waals surface area contributed by atoms with E-state index in [0.29, 0.717) is 12.5 Å².